The summed E-state index contributed by atoms with van der Waals surface area (Å²) in [7, 11) is 0. The average Bonchev–Trinajstić information content (AvgIpc) is 2.97. The lowest BCUT2D eigenvalue weighted by Gasteiger charge is -2.02. The predicted molar refractivity (Wildman–Crippen MR) is 88.8 cm³/mol. The molecule has 0 saturated heterocycles. The molecule has 0 fully saturated rings. The molecule has 1 rings (SSSR count). The highest BCUT2D eigenvalue weighted by atomic mass is 16.4. The van der Waals surface area contributed by atoms with Gasteiger partial charge in [0.1, 0.15) is 12.4 Å². The number of carboxylic acids is 1. The zero-order chi connectivity index (χ0) is 16.2. The number of aliphatic carboxylic acids is 1. The molecule has 1 unspecified atom stereocenters. The average molecular weight is 309 g/mol. The summed E-state index contributed by atoms with van der Waals surface area (Å²) in [5.74, 6) is -0.790. The lowest BCUT2D eigenvalue weighted by molar-refractivity contribution is -0.697. The van der Waals surface area contributed by atoms with E-state index < -0.39 is 12.0 Å². The van der Waals surface area contributed by atoms with Crippen molar-refractivity contribution in [3.05, 3.63) is 18.7 Å². The normalized spacial score (nSPS) is 12.5. The third kappa shape index (κ3) is 7.62. The van der Waals surface area contributed by atoms with Gasteiger partial charge in [0.2, 0.25) is 6.33 Å². The molecule has 0 bridgehead atoms. The third-order valence-electron chi connectivity index (χ3n) is 4.29. The molecule has 0 aromatic carbocycles. The van der Waals surface area contributed by atoms with Crippen molar-refractivity contribution in [2.45, 2.75) is 90.6 Å². The van der Waals surface area contributed by atoms with E-state index in [-0.39, 0.29) is 0 Å². The molecule has 1 N–H and O–H groups in total. The smallest absolute Gasteiger partial charge is 0.349 e. The second-order valence-electron chi connectivity index (χ2n) is 6.29. The first kappa shape index (κ1) is 18.7. The fourth-order valence-corrected chi connectivity index (χ4v) is 2.68. The number of unbranched alkanes of at least 4 members (excludes halogenated alkanes) is 9. The van der Waals surface area contributed by atoms with Gasteiger partial charge in [-0.15, -0.1) is 0 Å². The first-order valence-electron chi connectivity index (χ1n) is 8.94. The Morgan fingerprint density at radius 2 is 1.59 bits per heavy atom. The molecule has 1 atom stereocenters. The number of hydrogen-bond acceptors (Lipinski definition) is 1. The highest BCUT2D eigenvalue weighted by Crippen LogP contribution is 2.10. The van der Waals surface area contributed by atoms with E-state index in [9.17, 15) is 4.79 Å². The van der Waals surface area contributed by atoms with E-state index in [1.165, 1.54) is 64.2 Å². The summed E-state index contributed by atoms with van der Waals surface area (Å²) in [5.41, 5.74) is 0. The minimum atomic E-state index is -0.790. The maximum atomic E-state index is 10.9. The zero-order valence-electron chi connectivity index (χ0n) is 14.3. The second kappa shape index (κ2) is 11.3. The number of carboxylic acid groups (broad SMARTS) is 1. The summed E-state index contributed by atoms with van der Waals surface area (Å²) < 4.78 is 3.84. The Morgan fingerprint density at radius 1 is 1.05 bits per heavy atom. The number of aromatic nitrogens is 2. The molecule has 126 valence electrons. The van der Waals surface area contributed by atoms with Crippen LogP contribution in [0.5, 0.6) is 0 Å². The van der Waals surface area contributed by atoms with Crippen molar-refractivity contribution in [3.63, 3.8) is 0 Å². The Morgan fingerprint density at radius 3 is 2.14 bits per heavy atom. The first-order valence-corrected chi connectivity index (χ1v) is 8.94. The van der Waals surface area contributed by atoms with Crippen LogP contribution >= 0.6 is 0 Å². The molecule has 1 aromatic rings. The van der Waals surface area contributed by atoms with Gasteiger partial charge in [0.25, 0.3) is 0 Å². The van der Waals surface area contributed by atoms with Gasteiger partial charge in [-0.3, -0.25) is 0 Å². The molecule has 22 heavy (non-hydrogen) atoms. The molecule has 4 nitrogen and oxygen atoms in total. The van der Waals surface area contributed by atoms with E-state index in [1.54, 1.807) is 11.5 Å². The molecule has 0 aliphatic heterocycles. The van der Waals surface area contributed by atoms with Gasteiger partial charge < -0.3 is 5.11 Å². The molecule has 0 saturated carbocycles. The van der Waals surface area contributed by atoms with E-state index in [0.29, 0.717) is 0 Å². The predicted octanol–water partition coefficient (Wildman–Crippen LogP) is 4.34. The van der Waals surface area contributed by atoms with E-state index in [0.717, 1.165) is 6.54 Å². The third-order valence-corrected chi connectivity index (χ3v) is 4.29. The number of nitrogens with zero attached hydrogens (tertiary/aromatic N) is 2. The highest BCUT2D eigenvalue weighted by molar-refractivity contribution is 5.71. The minimum Gasteiger partial charge on any atom is -0.478 e. The monoisotopic (exact) mass is 309 g/mol. The van der Waals surface area contributed by atoms with Gasteiger partial charge in [0, 0.05) is 0 Å². The Kier molecular flexibility index (Phi) is 9.60. The van der Waals surface area contributed by atoms with Gasteiger partial charge >= 0.3 is 5.97 Å². The number of rotatable bonds is 13. The number of imidazole rings is 1. The van der Waals surface area contributed by atoms with Crippen LogP contribution in [0.15, 0.2) is 18.7 Å². The summed E-state index contributed by atoms with van der Waals surface area (Å²) >= 11 is 0. The molecular weight excluding hydrogens is 276 g/mol. The van der Waals surface area contributed by atoms with Crippen molar-refractivity contribution in [2.75, 3.05) is 0 Å². The fourth-order valence-electron chi connectivity index (χ4n) is 2.68. The summed E-state index contributed by atoms with van der Waals surface area (Å²) in [6.07, 6.45) is 19.1. The van der Waals surface area contributed by atoms with Crippen molar-refractivity contribution in [1.29, 1.82) is 0 Å². The van der Waals surface area contributed by atoms with Gasteiger partial charge in [-0.05, 0) is 19.8 Å². The molecule has 1 aromatic heterocycles. The Hall–Kier alpha value is -1.32. The van der Waals surface area contributed by atoms with E-state index in [1.807, 2.05) is 18.7 Å². The highest BCUT2D eigenvalue weighted by Gasteiger charge is 2.18. The van der Waals surface area contributed by atoms with Crippen LogP contribution in [0.4, 0.5) is 0 Å². The van der Waals surface area contributed by atoms with Crippen molar-refractivity contribution >= 4 is 5.97 Å². The first-order chi connectivity index (χ1) is 10.6. The molecular formula is C18H33N2O2+. The van der Waals surface area contributed by atoms with Crippen LogP contribution in [-0.4, -0.2) is 15.6 Å². The van der Waals surface area contributed by atoms with Crippen LogP contribution in [0.2, 0.25) is 0 Å². The topological polar surface area (TPSA) is 46.1 Å². The maximum Gasteiger partial charge on any atom is 0.349 e. The van der Waals surface area contributed by atoms with Gasteiger partial charge in [-0.1, -0.05) is 58.3 Å². The number of carbonyl (C=O) groups is 1. The van der Waals surface area contributed by atoms with Crippen LogP contribution < -0.4 is 4.57 Å². The zero-order valence-corrected chi connectivity index (χ0v) is 14.3. The summed E-state index contributed by atoms with van der Waals surface area (Å²) in [6, 6.07) is -0.492. The summed E-state index contributed by atoms with van der Waals surface area (Å²) in [4.78, 5) is 10.9. The number of aryl methyl sites for hydroxylation is 1. The Labute approximate surface area is 135 Å². The van der Waals surface area contributed by atoms with Crippen LogP contribution in [0.1, 0.15) is 84.1 Å². The molecule has 0 aliphatic carbocycles. The van der Waals surface area contributed by atoms with Crippen molar-refractivity contribution in [2.24, 2.45) is 0 Å². The largest absolute Gasteiger partial charge is 0.478 e. The second-order valence-corrected chi connectivity index (χ2v) is 6.29. The van der Waals surface area contributed by atoms with E-state index >= 15 is 0 Å². The van der Waals surface area contributed by atoms with Gasteiger partial charge in [-0.25, -0.2) is 13.9 Å². The Bertz CT molecular complexity index is 415. The molecule has 4 heteroatoms. The fraction of sp³-hybridized carbons (Fsp3) is 0.778. The Balaban J connectivity index is 2.02. The van der Waals surface area contributed by atoms with Crippen LogP contribution in [0, 0.1) is 0 Å². The lowest BCUT2D eigenvalue weighted by Crippen LogP contribution is -2.31. The molecule has 1 heterocycles. The SMILES string of the molecule is CCCCCCCCCCCC[n+]1ccn(C(C)C(=O)O)c1. The quantitative estimate of drug-likeness (QED) is 0.435. The van der Waals surface area contributed by atoms with Gasteiger partial charge in [-0.2, -0.15) is 0 Å². The molecule has 0 spiro atoms. The van der Waals surface area contributed by atoms with Crippen LogP contribution in [0.3, 0.4) is 0 Å². The summed E-state index contributed by atoms with van der Waals surface area (Å²) in [5, 5.41) is 8.98. The minimum absolute atomic E-state index is 0.492. The van der Waals surface area contributed by atoms with Crippen LogP contribution in [0.25, 0.3) is 0 Å². The van der Waals surface area contributed by atoms with Crippen molar-refractivity contribution in [3.8, 4) is 0 Å². The maximum absolute atomic E-state index is 10.9. The van der Waals surface area contributed by atoms with Gasteiger partial charge in [0.15, 0.2) is 6.04 Å². The van der Waals surface area contributed by atoms with E-state index in [4.69, 9.17) is 5.11 Å². The number of hydrogen-bond donors (Lipinski definition) is 1. The van der Waals surface area contributed by atoms with E-state index in [2.05, 4.69) is 11.5 Å². The standard InChI is InChI=1S/C18H32N2O2/c1-3-4-5-6-7-8-9-10-11-12-13-19-14-15-20(16-19)17(2)18(21)22/h14-17H,3-13H2,1-2H3/p+1. The molecule has 0 radical (unpaired) electrons. The van der Waals surface area contributed by atoms with Gasteiger partial charge in [0.05, 0.1) is 6.54 Å². The lowest BCUT2D eigenvalue weighted by atomic mass is 10.1. The van der Waals surface area contributed by atoms with Crippen molar-refractivity contribution in [1.82, 2.24) is 4.57 Å². The summed E-state index contributed by atoms with van der Waals surface area (Å²) in [6.45, 7) is 4.94. The van der Waals surface area contributed by atoms with Crippen molar-refractivity contribution < 1.29 is 14.5 Å². The molecule has 0 amide bonds. The molecule has 0 aliphatic rings. The van der Waals surface area contributed by atoms with Crippen LogP contribution in [-0.2, 0) is 11.3 Å².